The molecule has 1 aliphatic rings. The normalized spacial score (nSPS) is 14.7. The highest BCUT2D eigenvalue weighted by atomic mass is 16.2. The van der Waals surface area contributed by atoms with Crippen LogP contribution in [0.15, 0.2) is 65.7 Å². The second-order valence-corrected chi connectivity index (χ2v) is 8.20. The first-order valence-electron chi connectivity index (χ1n) is 10.8. The van der Waals surface area contributed by atoms with E-state index in [1.165, 1.54) is 0 Å². The highest BCUT2D eigenvalue weighted by Gasteiger charge is 2.27. The highest BCUT2D eigenvalue weighted by Crippen LogP contribution is 2.24. The molecule has 1 amide bonds. The number of carbonyl (C=O) groups is 1. The van der Waals surface area contributed by atoms with Crippen LogP contribution in [0.3, 0.4) is 0 Å². The predicted molar refractivity (Wildman–Crippen MR) is 121 cm³/mol. The van der Waals surface area contributed by atoms with Crippen LogP contribution < -0.4 is 5.56 Å². The molecule has 1 aliphatic heterocycles. The zero-order chi connectivity index (χ0) is 22.1. The molecular weight excluding hydrogens is 404 g/mol. The third-order valence-corrected chi connectivity index (χ3v) is 6.14. The Morgan fingerprint density at radius 1 is 1.00 bits per heavy atom. The molecule has 0 radical (unpaired) electrons. The summed E-state index contributed by atoms with van der Waals surface area (Å²) in [5.74, 6) is 0.257. The second kappa shape index (κ2) is 8.37. The van der Waals surface area contributed by atoms with Crippen molar-refractivity contribution in [1.29, 1.82) is 0 Å². The number of pyridine rings is 1. The SMILES string of the molecule is Cn1nc(C(=O)N2CCC(Cn3nc(-c4ccncc4)ccc3=O)CC2)c2ccccc21. The molecule has 0 saturated carbocycles. The van der Waals surface area contributed by atoms with Gasteiger partial charge in [-0.3, -0.25) is 19.3 Å². The van der Waals surface area contributed by atoms with Gasteiger partial charge in [-0.15, -0.1) is 0 Å². The third kappa shape index (κ3) is 3.79. The molecule has 8 nitrogen and oxygen atoms in total. The summed E-state index contributed by atoms with van der Waals surface area (Å²) < 4.78 is 3.30. The van der Waals surface area contributed by atoms with Gasteiger partial charge in [-0.2, -0.15) is 10.2 Å². The van der Waals surface area contributed by atoms with Crippen LogP contribution in [0.4, 0.5) is 0 Å². The monoisotopic (exact) mass is 428 g/mol. The van der Waals surface area contributed by atoms with E-state index >= 15 is 0 Å². The van der Waals surface area contributed by atoms with Gasteiger partial charge in [0.1, 0.15) is 0 Å². The molecule has 1 aromatic carbocycles. The molecule has 0 aliphatic carbocycles. The van der Waals surface area contributed by atoms with E-state index in [0.29, 0.717) is 25.3 Å². The van der Waals surface area contributed by atoms with Crippen molar-refractivity contribution in [3.05, 3.63) is 77.0 Å². The molecule has 1 fully saturated rings. The van der Waals surface area contributed by atoms with Crippen LogP contribution in [0.25, 0.3) is 22.2 Å². The largest absolute Gasteiger partial charge is 0.337 e. The van der Waals surface area contributed by atoms with E-state index in [2.05, 4.69) is 15.2 Å². The van der Waals surface area contributed by atoms with Crippen molar-refractivity contribution in [1.82, 2.24) is 29.4 Å². The zero-order valence-corrected chi connectivity index (χ0v) is 17.9. The van der Waals surface area contributed by atoms with Crippen LogP contribution in [-0.4, -0.2) is 48.4 Å². The predicted octanol–water partition coefficient (Wildman–Crippen LogP) is 2.74. The fourth-order valence-electron chi connectivity index (χ4n) is 4.34. The van der Waals surface area contributed by atoms with Crippen LogP contribution in [0.1, 0.15) is 23.3 Å². The number of fused-ring (bicyclic) bond motifs is 1. The van der Waals surface area contributed by atoms with Gasteiger partial charge in [0.15, 0.2) is 5.69 Å². The number of piperidine rings is 1. The summed E-state index contributed by atoms with van der Waals surface area (Å²) in [6, 6.07) is 14.8. The molecule has 4 aromatic rings. The van der Waals surface area contributed by atoms with E-state index in [1.807, 2.05) is 48.3 Å². The van der Waals surface area contributed by atoms with Gasteiger partial charge in [0.2, 0.25) is 0 Å². The lowest BCUT2D eigenvalue weighted by molar-refractivity contribution is 0.0675. The first kappa shape index (κ1) is 20.1. The van der Waals surface area contributed by atoms with Crippen LogP contribution >= 0.6 is 0 Å². The fraction of sp³-hybridized carbons (Fsp3) is 0.292. The average molecular weight is 428 g/mol. The standard InChI is InChI=1S/C24H24N6O2/c1-28-21-5-3-2-4-19(21)23(27-28)24(32)29-14-10-17(11-15-29)16-30-22(31)7-6-20(26-30)18-8-12-25-13-9-18/h2-9,12-13,17H,10-11,14-16H2,1H3. The van der Waals surface area contributed by atoms with Crippen molar-refractivity contribution in [3.8, 4) is 11.3 Å². The number of aryl methyl sites for hydroxylation is 1. The van der Waals surface area contributed by atoms with Gasteiger partial charge in [-0.1, -0.05) is 18.2 Å². The van der Waals surface area contributed by atoms with Crippen molar-refractivity contribution in [2.24, 2.45) is 13.0 Å². The van der Waals surface area contributed by atoms with Crippen molar-refractivity contribution in [2.45, 2.75) is 19.4 Å². The Hall–Kier alpha value is -3.81. The summed E-state index contributed by atoms with van der Waals surface area (Å²) in [6.07, 6.45) is 5.07. The molecule has 3 aromatic heterocycles. The Balaban J connectivity index is 1.27. The lowest BCUT2D eigenvalue weighted by Crippen LogP contribution is -2.40. The molecule has 1 saturated heterocycles. The minimum Gasteiger partial charge on any atom is -0.337 e. The Morgan fingerprint density at radius 3 is 2.53 bits per heavy atom. The van der Waals surface area contributed by atoms with E-state index in [9.17, 15) is 9.59 Å². The van der Waals surface area contributed by atoms with Crippen LogP contribution in [-0.2, 0) is 13.6 Å². The summed E-state index contributed by atoms with van der Waals surface area (Å²) in [5.41, 5.74) is 3.02. The summed E-state index contributed by atoms with van der Waals surface area (Å²) in [4.78, 5) is 31.4. The van der Waals surface area contributed by atoms with E-state index in [-0.39, 0.29) is 17.4 Å². The number of amides is 1. The first-order chi connectivity index (χ1) is 15.6. The molecule has 5 rings (SSSR count). The second-order valence-electron chi connectivity index (χ2n) is 8.20. The Morgan fingerprint density at radius 2 is 1.75 bits per heavy atom. The van der Waals surface area contributed by atoms with E-state index in [4.69, 9.17) is 0 Å². The number of hydrogen-bond donors (Lipinski definition) is 0. The van der Waals surface area contributed by atoms with Crippen molar-refractivity contribution >= 4 is 16.8 Å². The number of nitrogens with zero attached hydrogens (tertiary/aromatic N) is 6. The van der Waals surface area contributed by atoms with E-state index in [0.717, 1.165) is 35.0 Å². The lowest BCUT2D eigenvalue weighted by atomic mass is 9.96. The molecule has 0 unspecified atom stereocenters. The van der Waals surface area contributed by atoms with E-state index < -0.39 is 0 Å². The maximum Gasteiger partial charge on any atom is 0.275 e. The van der Waals surface area contributed by atoms with Crippen LogP contribution in [0, 0.1) is 5.92 Å². The number of likely N-dealkylation sites (tertiary alicyclic amines) is 1. The van der Waals surface area contributed by atoms with Crippen molar-refractivity contribution in [2.75, 3.05) is 13.1 Å². The van der Waals surface area contributed by atoms with Crippen molar-refractivity contribution < 1.29 is 4.79 Å². The van der Waals surface area contributed by atoms with Gasteiger partial charge in [-0.25, -0.2) is 4.68 Å². The lowest BCUT2D eigenvalue weighted by Gasteiger charge is -2.31. The molecule has 8 heteroatoms. The van der Waals surface area contributed by atoms with Gasteiger partial charge in [0, 0.05) is 56.1 Å². The number of carbonyl (C=O) groups excluding carboxylic acids is 1. The average Bonchev–Trinajstić information content (AvgIpc) is 3.18. The number of rotatable bonds is 4. The number of para-hydroxylation sites is 1. The van der Waals surface area contributed by atoms with Crippen molar-refractivity contribution in [3.63, 3.8) is 0 Å². The molecule has 0 spiro atoms. The van der Waals surface area contributed by atoms with Crippen LogP contribution in [0.2, 0.25) is 0 Å². The first-order valence-corrected chi connectivity index (χ1v) is 10.8. The fourth-order valence-corrected chi connectivity index (χ4v) is 4.34. The minimum absolute atomic E-state index is 0.0322. The van der Waals surface area contributed by atoms with Gasteiger partial charge in [-0.05, 0) is 43.0 Å². The van der Waals surface area contributed by atoms with Gasteiger partial charge >= 0.3 is 0 Å². The smallest absolute Gasteiger partial charge is 0.275 e. The summed E-state index contributed by atoms with van der Waals surface area (Å²) in [7, 11) is 1.86. The number of hydrogen-bond acceptors (Lipinski definition) is 5. The summed E-state index contributed by atoms with van der Waals surface area (Å²) in [6.45, 7) is 1.84. The number of benzene rings is 1. The van der Waals surface area contributed by atoms with Crippen LogP contribution in [0.5, 0.6) is 0 Å². The van der Waals surface area contributed by atoms with Gasteiger partial charge in [0.25, 0.3) is 11.5 Å². The molecule has 162 valence electrons. The molecule has 0 bridgehead atoms. The van der Waals surface area contributed by atoms with Gasteiger partial charge in [0.05, 0.1) is 11.2 Å². The molecular formula is C24H24N6O2. The molecule has 4 heterocycles. The molecule has 32 heavy (non-hydrogen) atoms. The Labute approximate surface area is 185 Å². The minimum atomic E-state index is -0.110. The number of aromatic nitrogens is 5. The highest BCUT2D eigenvalue weighted by molar-refractivity contribution is 6.04. The maximum absolute atomic E-state index is 13.1. The molecule has 0 atom stereocenters. The zero-order valence-electron chi connectivity index (χ0n) is 17.9. The van der Waals surface area contributed by atoms with Gasteiger partial charge < -0.3 is 4.90 Å². The summed E-state index contributed by atoms with van der Waals surface area (Å²) >= 11 is 0. The topological polar surface area (TPSA) is 85.9 Å². The quantitative estimate of drug-likeness (QED) is 0.499. The third-order valence-electron chi connectivity index (χ3n) is 6.14. The maximum atomic E-state index is 13.1. The van der Waals surface area contributed by atoms with E-state index in [1.54, 1.807) is 33.9 Å². The Kier molecular flexibility index (Phi) is 5.26. The summed E-state index contributed by atoms with van der Waals surface area (Å²) in [5, 5.41) is 9.91. The molecule has 0 N–H and O–H groups in total. The Bertz CT molecular complexity index is 1320.